The second-order valence-corrected chi connectivity index (χ2v) is 7.37. The molecule has 0 amide bonds. The molecule has 0 bridgehead atoms. The van der Waals surface area contributed by atoms with Crippen LogP contribution in [0, 0.1) is 23.6 Å². The summed E-state index contributed by atoms with van der Waals surface area (Å²) in [6.07, 6.45) is 6.28. The first-order chi connectivity index (χ1) is 11.9. The van der Waals surface area contributed by atoms with Gasteiger partial charge in [0, 0.05) is 0 Å². The Morgan fingerprint density at radius 3 is 2.44 bits per heavy atom. The summed E-state index contributed by atoms with van der Waals surface area (Å²) in [4.78, 5) is 0. The smallest absolute Gasteiger partial charge is 0.403 e. The highest BCUT2D eigenvalue weighted by Crippen LogP contribution is 2.48. The van der Waals surface area contributed by atoms with Crippen LogP contribution < -0.4 is 4.74 Å². The molecule has 2 saturated carbocycles. The normalized spacial score (nSPS) is 30.3. The van der Waals surface area contributed by atoms with Crippen LogP contribution in [0.5, 0.6) is 5.75 Å². The fraction of sp³-hybridized carbons (Fsp3) is 0.600. The molecule has 2 aliphatic rings. The summed E-state index contributed by atoms with van der Waals surface area (Å²) in [6.45, 7) is 2.06. The van der Waals surface area contributed by atoms with Crippen molar-refractivity contribution in [2.24, 2.45) is 17.8 Å². The number of allylic oxidation sites excluding steroid dienone is 2. The Labute approximate surface area is 146 Å². The summed E-state index contributed by atoms with van der Waals surface area (Å²) < 4.78 is 54.5. The third-order valence-electron chi connectivity index (χ3n) is 5.77. The number of benzene rings is 1. The first kappa shape index (κ1) is 18.3. The summed E-state index contributed by atoms with van der Waals surface area (Å²) in [5, 5.41) is 0. The molecule has 138 valence electrons. The molecule has 1 nitrogen and oxygen atoms in total. The number of hydrogen-bond donors (Lipinski definition) is 0. The van der Waals surface area contributed by atoms with Crippen molar-refractivity contribution in [2.45, 2.75) is 57.7 Å². The highest BCUT2D eigenvalue weighted by Gasteiger charge is 2.36. The molecule has 3 rings (SSSR count). The van der Waals surface area contributed by atoms with Crippen LogP contribution >= 0.6 is 0 Å². The van der Waals surface area contributed by atoms with Crippen molar-refractivity contribution in [1.29, 1.82) is 0 Å². The van der Waals surface area contributed by atoms with Crippen LogP contribution in [0.25, 0.3) is 0 Å². The molecular weight excluding hydrogens is 332 g/mol. The van der Waals surface area contributed by atoms with Gasteiger partial charge in [-0.15, -0.1) is 13.2 Å². The summed E-state index contributed by atoms with van der Waals surface area (Å²) in [5.41, 5.74) is 0.793. The lowest BCUT2D eigenvalue weighted by Crippen LogP contribution is -2.30. The van der Waals surface area contributed by atoms with Gasteiger partial charge in [-0.25, -0.2) is 4.39 Å². The van der Waals surface area contributed by atoms with Crippen LogP contribution in [-0.2, 0) is 0 Å². The van der Waals surface area contributed by atoms with Crippen molar-refractivity contribution in [2.75, 3.05) is 0 Å². The average Bonchev–Trinajstić information content (AvgIpc) is 2.55. The minimum atomic E-state index is -4.87. The number of fused-ring (bicyclic) bond motifs is 1. The molecule has 0 heterocycles. The summed E-state index contributed by atoms with van der Waals surface area (Å²) in [7, 11) is 0. The molecule has 4 unspecified atom stereocenters. The summed E-state index contributed by atoms with van der Waals surface area (Å²) in [5.74, 6) is 0.594. The van der Waals surface area contributed by atoms with E-state index in [-0.39, 0.29) is 5.92 Å². The van der Waals surface area contributed by atoms with E-state index in [2.05, 4.69) is 23.8 Å². The van der Waals surface area contributed by atoms with Crippen LogP contribution in [-0.4, -0.2) is 6.36 Å². The fourth-order valence-corrected chi connectivity index (χ4v) is 4.65. The van der Waals surface area contributed by atoms with E-state index in [1.807, 2.05) is 0 Å². The Kier molecular flexibility index (Phi) is 5.40. The Bertz CT molecular complexity index is 623. The van der Waals surface area contributed by atoms with Gasteiger partial charge in [0.25, 0.3) is 0 Å². The van der Waals surface area contributed by atoms with Crippen LogP contribution in [0.4, 0.5) is 17.6 Å². The molecule has 1 aromatic carbocycles. The molecule has 4 atom stereocenters. The lowest BCUT2D eigenvalue weighted by atomic mass is 9.64. The zero-order valence-corrected chi connectivity index (χ0v) is 14.4. The number of ether oxygens (including phenoxy) is 1. The second-order valence-electron chi connectivity index (χ2n) is 7.37. The van der Waals surface area contributed by atoms with Crippen molar-refractivity contribution in [3.8, 4) is 5.75 Å². The summed E-state index contributed by atoms with van der Waals surface area (Å²) in [6, 6.07) is 3.91. The first-order valence-corrected chi connectivity index (χ1v) is 9.03. The van der Waals surface area contributed by atoms with Crippen molar-refractivity contribution < 1.29 is 22.3 Å². The van der Waals surface area contributed by atoms with Gasteiger partial charge in [0.05, 0.1) is 0 Å². The molecule has 0 radical (unpaired) electrons. The standard InChI is InChI=1S/C20H24F4O/c1-2-3-13-4-5-15-11-16(7-6-14(15)10-13)17-8-9-19(18(21)12-17)25-20(22,23)24/h2-3,8-9,12-16H,4-7,10-11H2,1H3/b3-2+. The number of hydrogen-bond acceptors (Lipinski definition) is 1. The van der Waals surface area contributed by atoms with Crippen LogP contribution in [0.15, 0.2) is 30.4 Å². The zero-order valence-electron chi connectivity index (χ0n) is 14.4. The third-order valence-corrected chi connectivity index (χ3v) is 5.77. The van der Waals surface area contributed by atoms with E-state index in [1.54, 1.807) is 6.07 Å². The van der Waals surface area contributed by atoms with Gasteiger partial charge in [0.1, 0.15) is 0 Å². The Balaban J connectivity index is 1.65. The van der Waals surface area contributed by atoms with Gasteiger partial charge in [0.15, 0.2) is 11.6 Å². The van der Waals surface area contributed by atoms with Crippen LogP contribution in [0.3, 0.4) is 0 Å². The van der Waals surface area contributed by atoms with Crippen molar-refractivity contribution in [3.63, 3.8) is 0 Å². The molecule has 2 fully saturated rings. The topological polar surface area (TPSA) is 9.23 Å². The Morgan fingerprint density at radius 1 is 1.04 bits per heavy atom. The molecule has 5 heteroatoms. The lowest BCUT2D eigenvalue weighted by molar-refractivity contribution is -0.275. The largest absolute Gasteiger partial charge is 0.573 e. The highest BCUT2D eigenvalue weighted by atomic mass is 19.4. The van der Waals surface area contributed by atoms with Crippen molar-refractivity contribution in [3.05, 3.63) is 41.7 Å². The van der Waals surface area contributed by atoms with Crippen molar-refractivity contribution in [1.82, 2.24) is 0 Å². The maximum absolute atomic E-state index is 14.0. The molecule has 0 spiro atoms. The Morgan fingerprint density at radius 2 is 1.76 bits per heavy atom. The minimum absolute atomic E-state index is 0.231. The van der Waals surface area contributed by atoms with E-state index in [0.29, 0.717) is 11.8 Å². The van der Waals surface area contributed by atoms with Gasteiger partial charge in [-0.05, 0) is 86.8 Å². The molecular formula is C20H24F4O. The first-order valence-electron chi connectivity index (χ1n) is 9.03. The predicted molar refractivity (Wildman–Crippen MR) is 88.8 cm³/mol. The zero-order chi connectivity index (χ0) is 18.0. The highest BCUT2D eigenvalue weighted by molar-refractivity contribution is 5.32. The van der Waals surface area contributed by atoms with Crippen molar-refractivity contribution >= 4 is 0 Å². The SMILES string of the molecule is C/C=C/C1CCC2CC(c3ccc(OC(F)(F)F)c(F)c3)CCC2C1. The number of alkyl halides is 3. The average molecular weight is 356 g/mol. The van der Waals surface area contributed by atoms with Gasteiger partial charge < -0.3 is 4.74 Å². The van der Waals surface area contributed by atoms with Gasteiger partial charge >= 0.3 is 6.36 Å². The maximum atomic E-state index is 14.0. The van der Waals surface area contributed by atoms with Gasteiger partial charge in [-0.1, -0.05) is 18.2 Å². The van der Waals surface area contributed by atoms with E-state index >= 15 is 0 Å². The fourth-order valence-electron chi connectivity index (χ4n) is 4.65. The summed E-state index contributed by atoms with van der Waals surface area (Å²) >= 11 is 0. The van der Waals surface area contributed by atoms with E-state index in [4.69, 9.17) is 0 Å². The van der Waals surface area contributed by atoms with E-state index in [1.165, 1.54) is 25.3 Å². The molecule has 2 aliphatic carbocycles. The van der Waals surface area contributed by atoms with Crippen LogP contribution in [0.2, 0.25) is 0 Å². The predicted octanol–water partition coefficient (Wildman–Crippen LogP) is 6.60. The minimum Gasteiger partial charge on any atom is -0.403 e. The van der Waals surface area contributed by atoms with Gasteiger partial charge in [-0.3, -0.25) is 0 Å². The second kappa shape index (κ2) is 7.38. The molecule has 0 aliphatic heterocycles. The molecule has 0 N–H and O–H groups in total. The lowest BCUT2D eigenvalue weighted by Gasteiger charge is -2.41. The van der Waals surface area contributed by atoms with Gasteiger partial charge in [-0.2, -0.15) is 0 Å². The van der Waals surface area contributed by atoms with Crippen LogP contribution in [0.1, 0.15) is 56.9 Å². The third kappa shape index (κ3) is 4.56. The van der Waals surface area contributed by atoms with E-state index < -0.39 is 17.9 Å². The molecule has 1 aromatic rings. The molecule has 0 aromatic heterocycles. The molecule has 25 heavy (non-hydrogen) atoms. The number of halogens is 4. The quantitative estimate of drug-likeness (QED) is 0.438. The molecule has 0 saturated heterocycles. The van der Waals surface area contributed by atoms with E-state index in [0.717, 1.165) is 36.8 Å². The number of rotatable bonds is 3. The monoisotopic (exact) mass is 356 g/mol. The maximum Gasteiger partial charge on any atom is 0.573 e. The van der Waals surface area contributed by atoms with E-state index in [9.17, 15) is 17.6 Å². The Hall–Kier alpha value is -1.52. The van der Waals surface area contributed by atoms with Gasteiger partial charge in [0.2, 0.25) is 0 Å².